The molecule has 0 aromatic carbocycles. The molecule has 0 bridgehead atoms. The summed E-state index contributed by atoms with van der Waals surface area (Å²) in [4.78, 5) is 25.4. The van der Waals surface area contributed by atoms with Crippen molar-refractivity contribution in [3.8, 4) is 0 Å². The molecule has 2 rings (SSSR count). The molecular formula is C12H20N2O2. The minimum absolute atomic E-state index is 0.0214. The van der Waals surface area contributed by atoms with Crippen molar-refractivity contribution in [2.45, 2.75) is 58.0 Å². The van der Waals surface area contributed by atoms with Crippen LogP contribution in [0, 0.1) is 5.92 Å². The van der Waals surface area contributed by atoms with E-state index in [-0.39, 0.29) is 29.9 Å². The maximum atomic E-state index is 12.1. The summed E-state index contributed by atoms with van der Waals surface area (Å²) in [6.07, 6.45) is 5.45. The maximum absolute atomic E-state index is 12.1. The highest BCUT2D eigenvalue weighted by atomic mass is 16.2. The third kappa shape index (κ3) is 1.93. The molecule has 4 heteroatoms. The molecule has 0 spiro atoms. The quantitative estimate of drug-likeness (QED) is 0.728. The van der Waals surface area contributed by atoms with Gasteiger partial charge in [0, 0.05) is 6.04 Å². The Hall–Kier alpha value is -1.06. The van der Waals surface area contributed by atoms with Gasteiger partial charge in [-0.1, -0.05) is 33.1 Å². The van der Waals surface area contributed by atoms with E-state index in [9.17, 15) is 9.59 Å². The first-order chi connectivity index (χ1) is 7.61. The number of imide groups is 1. The lowest BCUT2D eigenvalue weighted by Gasteiger charge is -2.28. The fourth-order valence-corrected chi connectivity index (χ4v) is 2.65. The van der Waals surface area contributed by atoms with Crippen LogP contribution in [0.1, 0.15) is 46.0 Å². The maximum Gasteiger partial charge on any atom is 0.325 e. The molecule has 0 aromatic rings. The van der Waals surface area contributed by atoms with Gasteiger partial charge in [0.25, 0.3) is 5.91 Å². The Labute approximate surface area is 96.4 Å². The minimum atomic E-state index is -0.311. The smallest absolute Gasteiger partial charge is 0.325 e. The van der Waals surface area contributed by atoms with Crippen LogP contribution in [0.5, 0.6) is 0 Å². The summed E-state index contributed by atoms with van der Waals surface area (Å²) < 4.78 is 0. The molecule has 90 valence electrons. The van der Waals surface area contributed by atoms with Crippen LogP contribution in [0.4, 0.5) is 4.79 Å². The van der Waals surface area contributed by atoms with Crippen molar-refractivity contribution in [1.82, 2.24) is 10.2 Å². The number of nitrogens with zero attached hydrogens (tertiary/aromatic N) is 1. The number of carbonyl (C=O) groups excluding carboxylic acids is 2. The SMILES string of the molecule is CC(C)C1NC(=O)N(C2CCCCC2)C1=O. The summed E-state index contributed by atoms with van der Waals surface area (Å²) >= 11 is 0. The lowest BCUT2D eigenvalue weighted by Crippen LogP contribution is -2.42. The van der Waals surface area contributed by atoms with E-state index in [4.69, 9.17) is 0 Å². The molecule has 2 aliphatic rings. The van der Waals surface area contributed by atoms with E-state index in [0.717, 1.165) is 25.7 Å². The Kier molecular flexibility index (Phi) is 3.17. The summed E-state index contributed by atoms with van der Waals surface area (Å²) in [5.74, 6) is 0.150. The van der Waals surface area contributed by atoms with E-state index in [1.165, 1.54) is 11.3 Å². The normalized spacial score (nSPS) is 27.7. The number of nitrogens with one attached hydrogen (secondary N) is 1. The van der Waals surface area contributed by atoms with Gasteiger partial charge in [-0.3, -0.25) is 9.69 Å². The lowest BCUT2D eigenvalue weighted by atomic mass is 9.94. The summed E-state index contributed by atoms with van der Waals surface area (Å²) in [5, 5.41) is 2.79. The largest absolute Gasteiger partial charge is 0.326 e. The molecule has 3 amide bonds. The van der Waals surface area contributed by atoms with E-state index in [0.29, 0.717) is 0 Å². The molecule has 1 unspecified atom stereocenters. The van der Waals surface area contributed by atoms with E-state index in [1.54, 1.807) is 0 Å². The highest BCUT2D eigenvalue weighted by Gasteiger charge is 2.43. The second-order valence-electron chi connectivity index (χ2n) is 5.17. The molecule has 0 radical (unpaired) electrons. The van der Waals surface area contributed by atoms with Gasteiger partial charge in [0.05, 0.1) is 0 Å². The number of rotatable bonds is 2. The van der Waals surface area contributed by atoms with E-state index in [1.807, 2.05) is 13.8 Å². The van der Waals surface area contributed by atoms with Crippen LogP contribution in [0.2, 0.25) is 0 Å². The molecule has 1 saturated carbocycles. The van der Waals surface area contributed by atoms with E-state index in [2.05, 4.69) is 5.32 Å². The molecule has 4 nitrogen and oxygen atoms in total. The Morgan fingerprint density at radius 2 is 1.81 bits per heavy atom. The lowest BCUT2D eigenvalue weighted by molar-refractivity contribution is -0.130. The molecule has 2 fully saturated rings. The van der Waals surface area contributed by atoms with Gasteiger partial charge in [0.2, 0.25) is 0 Å². The van der Waals surface area contributed by atoms with Crippen LogP contribution >= 0.6 is 0 Å². The minimum Gasteiger partial charge on any atom is -0.326 e. The number of hydrogen-bond acceptors (Lipinski definition) is 2. The summed E-state index contributed by atoms with van der Waals surface area (Å²) in [6, 6.07) is -0.352. The molecule has 1 atom stereocenters. The fraction of sp³-hybridized carbons (Fsp3) is 0.833. The van der Waals surface area contributed by atoms with Crippen molar-refractivity contribution in [3.63, 3.8) is 0 Å². The van der Waals surface area contributed by atoms with Crippen LogP contribution in [-0.4, -0.2) is 28.9 Å². The fourth-order valence-electron chi connectivity index (χ4n) is 2.65. The zero-order valence-corrected chi connectivity index (χ0v) is 10.0. The van der Waals surface area contributed by atoms with Crippen molar-refractivity contribution in [2.24, 2.45) is 5.92 Å². The second-order valence-corrected chi connectivity index (χ2v) is 5.17. The number of hydrogen-bond donors (Lipinski definition) is 1. The molecule has 1 aliphatic carbocycles. The summed E-state index contributed by atoms with van der Waals surface area (Å²) in [5.41, 5.74) is 0. The zero-order chi connectivity index (χ0) is 11.7. The van der Waals surface area contributed by atoms with Crippen LogP contribution in [-0.2, 0) is 4.79 Å². The first-order valence-electron chi connectivity index (χ1n) is 6.25. The number of carbonyl (C=O) groups is 2. The average Bonchev–Trinajstić information content (AvgIpc) is 2.56. The molecule has 0 aromatic heterocycles. The molecular weight excluding hydrogens is 204 g/mol. The van der Waals surface area contributed by atoms with Gasteiger partial charge in [0.1, 0.15) is 6.04 Å². The van der Waals surface area contributed by atoms with Crippen molar-refractivity contribution in [3.05, 3.63) is 0 Å². The van der Waals surface area contributed by atoms with E-state index >= 15 is 0 Å². The third-order valence-corrected chi connectivity index (χ3v) is 3.61. The van der Waals surface area contributed by atoms with E-state index < -0.39 is 0 Å². The van der Waals surface area contributed by atoms with Crippen molar-refractivity contribution in [2.75, 3.05) is 0 Å². The van der Waals surface area contributed by atoms with Crippen LogP contribution in [0.15, 0.2) is 0 Å². The van der Waals surface area contributed by atoms with Gasteiger partial charge in [-0.05, 0) is 18.8 Å². The molecule has 1 N–H and O–H groups in total. The monoisotopic (exact) mass is 224 g/mol. The van der Waals surface area contributed by atoms with Gasteiger partial charge in [-0.2, -0.15) is 0 Å². The topological polar surface area (TPSA) is 49.4 Å². The molecule has 1 aliphatic heterocycles. The van der Waals surface area contributed by atoms with Crippen LogP contribution in [0.3, 0.4) is 0 Å². The standard InChI is InChI=1S/C12H20N2O2/c1-8(2)10-11(15)14(12(16)13-10)9-6-4-3-5-7-9/h8-10H,3-7H2,1-2H3,(H,13,16). The first kappa shape index (κ1) is 11.4. The second kappa shape index (κ2) is 4.44. The Bertz CT molecular complexity index is 295. The number of amides is 3. The summed E-state index contributed by atoms with van der Waals surface area (Å²) in [6.45, 7) is 3.93. The van der Waals surface area contributed by atoms with Crippen molar-refractivity contribution >= 4 is 11.9 Å². The summed E-state index contributed by atoms with van der Waals surface area (Å²) in [7, 11) is 0. The first-order valence-corrected chi connectivity index (χ1v) is 6.25. The average molecular weight is 224 g/mol. The predicted molar refractivity (Wildman–Crippen MR) is 60.9 cm³/mol. The third-order valence-electron chi connectivity index (χ3n) is 3.61. The Balaban J connectivity index is 2.09. The van der Waals surface area contributed by atoms with Gasteiger partial charge < -0.3 is 5.32 Å². The Morgan fingerprint density at radius 3 is 2.31 bits per heavy atom. The van der Waals surface area contributed by atoms with Crippen LogP contribution < -0.4 is 5.32 Å². The Morgan fingerprint density at radius 1 is 1.19 bits per heavy atom. The van der Waals surface area contributed by atoms with Crippen molar-refractivity contribution in [1.29, 1.82) is 0 Å². The predicted octanol–water partition coefficient (Wildman–Crippen LogP) is 1.90. The highest BCUT2D eigenvalue weighted by Crippen LogP contribution is 2.26. The van der Waals surface area contributed by atoms with Gasteiger partial charge in [-0.15, -0.1) is 0 Å². The molecule has 16 heavy (non-hydrogen) atoms. The van der Waals surface area contributed by atoms with Gasteiger partial charge in [0.15, 0.2) is 0 Å². The van der Waals surface area contributed by atoms with Gasteiger partial charge in [-0.25, -0.2) is 4.79 Å². The van der Waals surface area contributed by atoms with Crippen molar-refractivity contribution < 1.29 is 9.59 Å². The molecule has 1 saturated heterocycles. The zero-order valence-electron chi connectivity index (χ0n) is 10.0. The molecule has 1 heterocycles. The van der Waals surface area contributed by atoms with Crippen LogP contribution in [0.25, 0.3) is 0 Å². The number of urea groups is 1. The van der Waals surface area contributed by atoms with Gasteiger partial charge >= 0.3 is 6.03 Å². The highest BCUT2D eigenvalue weighted by molar-refractivity contribution is 6.04.